The third-order valence-electron chi connectivity index (χ3n) is 1.73. The second-order valence-electron chi connectivity index (χ2n) is 2.54. The van der Waals surface area contributed by atoms with Crippen LogP contribution < -0.4 is 0 Å². The molecule has 0 spiro atoms. The zero-order chi connectivity index (χ0) is 9.59. The van der Waals surface area contributed by atoms with Crippen molar-refractivity contribution in [2.45, 2.75) is 10.5 Å². The minimum absolute atomic E-state index is 0.0804. The molecule has 0 radical (unpaired) electrons. The first-order valence-electron chi connectivity index (χ1n) is 3.39. The van der Waals surface area contributed by atoms with Gasteiger partial charge >= 0.3 is 0 Å². The SMILES string of the molecule is O=C(Cl)C1=C(Cl)C2SC(Cl)=CC2S1. The molecule has 2 aliphatic heterocycles. The van der Waals surface area contributed by atoms with E-state index in [0.717, 1.165) is 4.36 Å². The van der Waals surface area contributed by atoms with E-state index in [9.17, 15) is 4.79 Å². The second-order valence-corrected chi connectivity index (χ2v) is 6.30. The van der Waals surface area contributed by atoms with Crippen molar-refractivity contribution in [3.05, 3.63) is 20.4 Å². The molecule has 2 rings (SSSR count). The minimum atomic E-state index is -0.477. The fourth-order valence-corrected chi connectivity index (χ4v) is 5.01. The molecule has 0 aromatic carbocycles. The fourth-order valence-electron chi connectivity index (χ4n) is 1.20. The molecule has 0 N–H and O–H groups in total. The van der Waals surface area contributed by atoms with Gasteiger partial charge in [0.1, 0.15) is 0 Å². The summed E-state index contributed by atoms with van der Waals surface area (Å²) in [6.07, 6.45) is 1.90. The number of carbonyl (C=O) groups excluding carboxylic acids is 1. The number of hydrogen-bond acceptors (Lipinski definition) is 3. The summed E-state index contributed by atoms with van der Waals surface area (Å²) in [5.41, 5.74) is 0. The monoisotopic (exact) mass is 272 g/mol. The third-order valence-corrected chi connectivity index (χ3v) is 5.73. The van der Waals surface area contributed by atoms with Crippen LogP contribution in [0.3, 0.4) is 0 Å². The number of hydrogen-bond donors (Lipinski definition) is 0. The second kappa shape index (κ2) is 3.70. The van der Waals surface area contributed by atoms with Gasteiger partial charge in [0.05, 0.1) is 19.6 Å². The Hall–Kier alpha value is 0.720. The highest BCUT2D eigenvalue weighted by molar-refractivity contribution is 8.10. The maximum Gasteiger partial charge on any atom is 0.259 e. The maximum absolute atomic E-state index is 10.9. The van der Waals surface area contributed by atoms with Crippen LogP contribution >= 0.6 is 58.3 Å². The highest BCUT2D eigenvalue weighted by atomic mass is 35.5. The van der Waals surface area contributed by atoms with Crippen LogP contribution in [0.5, 0.6) is 0 Å². The van der Waals surface area contributed by atoms with Crippen LogP contribution in [0.15, 0.2) is 20.4 Å². The van der Waals surface area contributed by atoms with Gasteiger partial charge in [0.2, 0.25) is 0 Å². The van der Waals surface area contributed by atoms with E-state index in [1.165, 1.54) is 23.5 Å². The summed E-state index contributed by atoms with van der Waals surface area (Å²) in [7, 11) is 0. The molecule has 0 aromatic rings. The Morgan fingerprint density at radius 2 is 2.08 bits per heavy atom. The zero-order valence-corrected chi connectivity index (χ0v) is 9.99. The Bertz CT molecular complexity index is 337. The van der Waals surface area contributed by atoms with Crippen LogP contribution in [0.2, 0.25) is 0 Å². The molecule has 0 saturated carbocycles. The lowest BCUT2D eigenvalue weighted by atomic mass is 10.3. The molecule has 6 heteroatoms. The molecule has 0 aromatic heterocycles. The van der Waals surface area contributed by atoms with Gasteiger partial charge in [0.25, 0.3) is 5.24 Å². The largest absolute Gasteiger partial charge is 0.275 e. The van der Waals surface area contributed by atoms with Gasteiger partial charge in [-0.1, -0.05) is 23.2 Å². The summed E-state index contributed by atoms with van der Waals surface area (Å²) in [5.74, 6) is 0. The van der Waals surface area contributed by atoms with Gasteiger partial charge in [-0.2, -0.15) is 0 Å². The Kier molecular flexibility index (Phi) is 2.92. The standard InChI is InChI=1S/C7H3Cl3OS2/c8-3-1-2-5(13-3)4(9)6(12-2)7(10)11/h1-2,5H. The van der Waals surface area contributed by atoms with Crippen molar-refractivity contribution in [2.24, 2.45) is 0 Å². The van der Waals surface area contributed by atoms with E-state index >= 15 is 0 Å². The number of fused-ring (bicyclic) bond motifs is 1. The Balaban J connectivity index is 2.26. The molecule has 0 saturated heterocycles. The van der Waals surface area contributed by atoms with Gasteiger partial charge in [-0.3, -0.25) is 4.79 Å². The molecule has 13 heavy (non-hydrogen) atoms. The summed E-state index contributed by atoms with van der Waals surface area (Å²) >= 11 is 20.0. The molecule has 2 heterocycles. The summed E-state index contributed by atoms with van der Waals surface area (Å²) in [5, 5.41) is 0.306. The van der Waals surface area contributed by atoms with Crippen LogP contribution in [0, 0.1) is 0 Å². The molecule has 0 fully saturated rings. The zero-order valence-electron chi connectivity index (χ0n) is 6.09. The van der Waals surface area contributed by atoms with E-state index in [-0.39, 0.29) is 10.5 Å². The van der Waals surface area contributed by atoms with Gasteiger partial charge < -0.3 is 0 Å². The van der Waals surface area contributed by atoms with E-state index in [1.807, 2.05) is 6.08 Å². The lowest BCUT2D eigenvalue weighted by Crippen LogP contribution is -2.07. The quantitative estimate of drug-likeness (QED) is 0.681. The number of allylic oxidation sites excluding steroid dienone is 1. The number of carbonyl (C=O) groups is 1. The first-order chi connectivity index (χ1) is 6.09. The van der Waals surface area contributed by atoms with Crippen LogP contribution in [0.25, 0.3) is 0 Å². The summed E-state index contributed by atoms with van der Waals surface area (Å²) < 4.78 is 0.738. The summed E-state index contributed by atoms with van der Waals surface area (Å²) in [6.45, 7) is 0. The fraction of sp³-hybridized carbons (Fsp3) is 0.286. The smallest absolute Gasteiger partial charge is 0.259 e. The predicted molar refractivity (Wildman–Crippen MR) is 60.4 cm³/mol. The lowest BCUT2D eigenvalue weighted by Gasteiger charge is -2.05. The van der Waals surface area contributed by atoms with Crippen LogP contribution in [-0.2, 0) is 4.79 Å². The van der Waals surface area contributed by atoms with E-state index in [2.05, 4.69) is 0 Å². The van der Waals surface area contributed by atoms with E-state index in [1.54, 1.807) is 0 Å². The molecular weight excluding hydrogens is 271 g/mol. The normalized spacial score (nSPS) is 32.1. The number of rotatable bonds is 1. The molecular formula is C7H3Cl3OS2. The van der Waals surface area contributed by atoms with Crippen molar-refractivity contribution < 1.29 is 4.79 Å². The van der Waals surface area contributed by atoms with Crippen molar-refractivity contribution in [3.63, 3.8) is 0 Å². The van der Waals surface area contributed by atoms with Crippen molar-refractivity contribution in [2.75, 3.05) is 0 Å². The summed E-state index contributed by atoms with van der Waals surface area (Å²) in [4.78, 5) is 11.4. The maximum atomic E-state index is 10.9. The lowest BCUT2D eigenvalue weighted by molar-refractivity contribution is -0.107. The highest BCUT2D eigenvalue weighted by Crippen LogP contribution is 2.53. The third kappa shape index (κ3) is 1.77. The molecule has 70 valence electrons. The molecule has 2 unspecified atom stereocenters. The first-order valence-corrected chi connectivity index (χ1v) is 6.29. The van der Waals surface area contributed by atoms with E-state index in [0.29, 0.717) is 9.94 Å². The topological polar surface area (TPSA) is 17.1 Å². The Labute approximate surface area is 98.9 Å². The number of halogens is 3. The average molecular weight is 274 g/mol. The van der Waals surface area contributed by atoms with Crippen molar-refractivity contribution in [3.8, 4) is 0 Å². The molecule has 0 aliphatic carbocycles. The predicted octanol–water partition coefficient (Wildman–Crippen LogP) is 3.51. The summed E-state index contributed by atoms with van der Waals surface area (Å²) in [6, 6.07) is 0. The Morgan fingerprint density at radius 1 is 1.38 bits per heavy atom. The van der Waals surface area contributed by atoms with Gasteiger partial charge in [0.15, 0.2) is 0 Å². The van der Waals surface area contributed by atoms with Gasteiger partial charge in [-0.15, -0.1) is 23.5 Å². The van der Waals surface area contributed by atoms with E-state index in [4.69, 9.17) is 34.8 Å². The highest BCUT2D eigenvalue weighted by Gasteiger charge is 2.40. The number of thioether (sulfide) groups is 2. The van der Waals surface area contributed by atoms with Gasteiger partial charge in [0, 0.05) is 5.25 Å². The Morgan fingerprint density at radius 3 is 2.62 bits per heavy atom. The van der Waals surface area contributed by atoms with Crippen LogP contribution in [0.4, 0.5) is 0 Å². The van der Waals surface area contributed by atoms with Gasteiger partial charge in [-0.25, -0.2) is 0 Å². The van der Waals surface area contributed by atoms with E-state index < -0.39 is 5.24 Å². The molecule has 2 aliphatic rings. The molecule has 1 nitrogen and oxygen atoms in total. The van der Waals surface area contributed by atoms with Crippen molar-refractivity contribution >= 4 is 63.6 Å². The van der Waals surface area contributed by atoms with Crippen molar-refractivity contribution in [1.82, 2.24) is 0 Å². The average Bonchev–Trinajstić information content (AvgIpc) is 2.51. The minimum Gasteiger partial charge on any atom is -0.275 e. The van der Waals surface area contributed by atoms with Crippen molar-refractivity contribution in [1.29, 1.82) is 0 Å². The van der Waals surface area contributed by atoms with Crippen LogP contribution in [-0.4, -0.2) is 15.7 Å². The van der Waals surface area contributed by atoms with Crippen LogP contribution in [0.1, 0.15) is 0 Å². The molecule has 2 atom stereocenters. The van der Waals surface area contributed by atoms with Gasteiger partial charge in [-0.05, 0) is 17.7 Å². The molecule has 0 amide bonds. The molecule has 0 bridgehead atoms. The first kappa shape index (κ1) is 10.2.